The second-order valence-corrected chi connectivity index (χ2v) is 7.00. The Kier molecular flexibility index (Phi) is 5.43. The minimum absolute atomic E-state index is 0.245. The van der Waals surface area contributed by atoms with Crippen LogP contribution in [0.4, 0.5) is 4.39 Å². The molecular formula is C23H22FN5O. The van der Waals surface area contributed by atoms with E-state index in [4.69, 9.17) is 4.74 Å². The number of aryl methyl sites for hydroxylation is 2. The first-order valence-electron chi connectivity index (χ1n) is 9.53. The van der Waals surface area contributed by atoms with Gasteiger partial charge in [-0.25, -0.2) is 14.4 Å². The van der Waals surface area contributed by atoms with Crippen molar-refractivity contribution in [2.75, 3.05) is 7.11 Å². The maximum absolute atomic E-state index is 13.1. The van der Waals surface area contributed by atoms with Crippen molar-refractivity contribution in [2.45, 2.75) is 13.3 Å². The summed E-state index contributed by atoms with van der Waals surface area (Å²) in [5, 5.41) is 4.45. The summed E-state index contributed by atoms with van der Waals surface area (Å²) in [6.45, 7) is 1.95. The molecule has 0 unspecified atom stereocenters. The first-order chi connectivity index (χ1) is 14.5. The van der Waals surface area contributed by atoms with Crippen LogP contribution in [-0.2, 0) is 13.5 Å². The van der Waals surface area contributed by atoms with Crippen molar-refractivity contribution >= 4 is 12.2 Å². The summed E-state index contributed by atoms with van der Waals surface area (Å²) in [6.07, 6.45) is 8.12. The molecule has 0 spiro atoms. The van der Waals surface area contributed by atoms with E-state index in [1.165, 1.54) is 12.1 Å². The molecule has 2 aromatic carbocycles. The standard InChI is InChI=1S/C23H22FN5O/c1-16-14-29(15-25-16)20-10-6-17(12-21(20)30-3)7-11-22-26-23(28(2)27-22)13-18-4-8-19(24)9-5-18/h4-12,14-15H,13H2,1-3H3. The molecule has 0 atom stereocenters. The zero-order valence-electron chi connectivity index (χ0n) is 17.1. The molecule has 0 bridgehead atoms. The van der Waals surface area contributed by atoms with Crippen LogP contribution in [0.1, 0.15) is 28.5 Å². The van der Waals surface area contributed by atoms with Crippen molar-refractivity contribution in [3.05, 3.63) is 89.3 Å². The third kappa shape index (κ3) is 4.30. The number of aromatic nitrogens is 5. The van der Waals surface area contributed by atoms with Crippen molar-refractivity contribution in [1.29, 1.82) is 0 Å². The molecule has 2 aromatic heterocycles. The average Bonchev–Trinajstić information content (AvgIpc) is 3.33. The van der Waals surface area contributed by atoms with Crippen LogP contribution in [0, 0.1) is 12.7 Å². The number of imidazole rings is 1. The third-order valence-electron chi connectivity index (χ3n) is 4.76. The van der Waals surface area contributed by atoms with Crippen molar-refractivity contribution in [1.82, 2.24) is 24.3 Å². The number of nitrogens with zero attached hydrogens (tertiary/aromatic N) is 5. The number of benzene rings is 2. The van der Waals surface area contributed by atoms with E-state index in [9.17, 15) is 4.39 Å². The van der Waals surface area contributed by atoms with E-state index in [1.54, 1.807) is 30.3 Å². The highest BCUT2D eigenvalue weighted by Crippen LogP contribution is 2.25. The molecule has 0 aliphatic heterocycles. The van der Waals surface area contributed by atoms with Gasteiger partial charge < -0.3 is 9.30 Å². The second-order valence-electron chi connectivity index (χ2n) is 7.00. The normalized spacial score (nSPS) is 11.3. The lowest BCUT2D eigenvalue weighted by Gasteiger charge is -2.09. The van der Waals surface area contributed by atoms with Crippen LogP contribution in [0.25, 0.3) is 17.8 Å². The largest absolute Gasteiger partial charge is 0.495 e. The van der Waals surface area contributed by atoms with E-state index >= 15 is 0 Å². The van der Waals surface area contributed by atoms with Gasteiger partial charge in [0.05, 0.1) is 24.8 Å². The molecule has 0 amide bonds. The van der Waals surface area contributed by atoms with Crippen LogP contribution in [-0.4, -0.2) is 31.4 Å². The number of rotatable bonds is 6. The van der Waals surface area contributed by atoms with Crippen LogP contribution in [0.3, 0.4) is 0 Å². The monoisotopic (exact) mass is 403 g/mol. The number of hydrogen-bond donors (Lipinski definition) is 0. The number of halogens is 1. The van der Waals surface area contributed by atoms with Crippen LogP contribution in [0.5, 0.6) is 5.75 Å². The Bertz CT molecular complexity index is 1190. The van der Waals surface area contributed by atoms with Crippen LogP contribution in [0.2, 0.25) is 0 Å². The zero-order valence-corrected chi connectivity index (χ0v) is 17.1. The maximum atomic E-state index is 13.1. The first kappa shape index (κ1) is 19.6. The summed E-state index contributed by atoms with van der Waals surface area (Å²) < 4.78 is 22.3. The van der Waals surface area contributed by atoms with Gasteiger partial charge in [0.2, 0.25) is 0 Å². The van der Waals surface area contributed by atoms with Gasteiger partial charge >= 0.3 is 0 Å². The van der Waals surface area contributed by atoms with Gasteiger partial charge in [0.25, 0.3) is 0 Å². The molecule has 2 heterocycles. The molecule has 4 aromatic rings. The molecule has 0 radical (unpaired) electrons. The SMILES string of the molecule is COc1cc(C=Cc2nc(Cc3ccc(F)cc3)n(C)n2)ccc1-n1cnc(C)c1. The van der Waals surface area contributed by atoms with Gasteiger partial charge in [-0.05, 0) is 48.4 Å². The number of hydrogen-bond acceptors (Lipinski definition) is 4. The van der Waals surface area contributed by atoms with E-state index < -0.39 is 0 Å². The van der Waals surface area contributed by atoms with Crippen molar-refractivity contribution < 1.29 is 9.13 Å². The van der Waals surface area contributed by atoms with Gasteiger partial charge in [-0.2, -0.15) is 5.10 Å². The summed E-state index contributed by atoms with van der Waals surface area (Å²) in [6, 6.07) is 12.4. The molecule has 0 aliphatic carbocycles. The topological polar surface area (TPSA) is 57.8 Å². The maximum Gasteiger partial charge on any atom is 0.174 e. The van der Waals surface area contributed by atoms with Gasteiger partial charge in [0, 0.05) is 19.7 Å². The summed E-state index contributed by atoms with van der Waals surface area (Å²) >= 11 is 0. The summed E-state index contributed by atoms with van der Waals surface area (Å²) in [7, 11) is 3.51. The number of methoxy groups -OCH3 is 1. The Hall–Kier alpha value is -3.74. The molecular weight excluding hydrogens is 381 g/mol. The fraction of sp³-hybridized carbons (Fsp3) is 0.174. The lowest BCUT2D eigenvalue weighted by atomic mass is 10.1. The van der Waals surface area contributed by atoms with Crippen molar-refractivity contribution in [3.63, 3.8) is 0 Å². The summed E-state index contributed by atoms with van der Waals surface area (Å²) in [4.78, 5) is 8.85. The smallest absolute Gasteiger partial charge is 0.174 e. The predicted molar refractivity (Wildman–Crippen MR) is 114 cm³/mol. The molecule has 0 N–H and O–H groups in total. The predicted octanol–water partition coefficient (Wildman–Crippen LogP) is 4.22. The van der Waals surface area contributed by atoms with E-state index in [2.05, 4.69) is 15.1 Å². The Morgan fingerprint density at radius 1 is 1.10 bits per heavy atom. The van der Waals surface area contributed by atoms with Crippen LogP contribution >= 0.6 is 0 Å². The first-order valence-corrected chi connectivity index (χ1v) is 9.53. The van der Waals surface area contributed by atoms with Gasteiger partial charge in [0.1, 0.15) is 17.4 Å². The highest BCUT2D eigenvalue weighted by molar-refractivity contribution is 5.69. The Balaban J connectivity index is 1.53. The minimum atomic E-state index is -0.245. The number of ether oxygens (including phenoxy) is 1. The Morgan fingerprint density at radius 2 is 1.90 bits per heavy atom. The molecule has 152 valence electrons. The van der Waals surface area contributed by atoms with E-state index in [-0.39, 0.29) is 5.82 Å². The fourth-order valence-corrected chi connectivity index (χ4v) is 3.18. The lowest BCUT2D eigenvalue weighted by Crippen LogP contribution is -2.00. The van der Waals surface area contributed by atoms with E-state index in [0.29, 0.717) is 12.2 Å². The van der Waals surface area contributed by atoms with Crippen molar-refractivity contribution in [3.8, 4) is 11.4 Å². The highest BCUT2D eigenvalue weighted by Gasteiger charge is 2.08. The molecule has 0 saturated heterocycles. The van der Waals surface area contributed by atoms with Gasteiger partial charge in [-0.3, -0.25) is 4.68 Å². The van der Waals surface area contributed by atoms with Crippen LogP contribution < -0.4 is 4.74 Å². The van der Waals surface area contributed by atoms with Crippen molar-refractivity contribution in [2.24, 2.45) is 7.05 Å². The Labute approximate surface area is 174 Å². The van der Waals surface area contributed by atoms with Crippen LogP contribution in [0.15, 0.2) is 55.0 Å². The fourth-order valence-electron chi connectivity index (χ4n) is 3.18. The molecule has 6 nitrogen and oxygen atoms in total. The Morgan fingerprint density at radius 3 is 2.60 bits per heavy atom. The van der Waals surface area contributed by atoms with E-state index in [1.807, 2.05) is 55.1 Å². The lowest BCUT2D eigenvalue weighted by molar-refractivity contribution is 0.413. The van der Waals surface area contributed by atoms with Gasteiger partial charge in [-0.1, -0.05) is 24.3 Å². The molecule has 7 heteroatoms. The van der Waals surface area contributed by atoms with E-state index in [0.717, 1.165) is 34.1 Å². The quantitative estimate of drug-likeness (QED) is 0.484. The molecule has 0 saturated carbocycles. The third-order valence-corrected chi connectivity index (χ3v) is 4.76. The average molecular weight is 403 g/mol. The van der Waals surface area contributed by atoms with Gasteiger partial charge in [-0.15, -0.1) is 0 Å². The molecule has 30 heavy (non-hydrogen) atoms. The minimum Gasteiger partial charge on any atom is -0.495 e. The molecule has 0 aliphatic rings. The second kappa shape index (κ2) is 8.32. The summed E-state index contributed by atoms with van der Waals surface area (Å²) in [5.41, 5.74) is 3.82. The molecule has 4 rings (SSSR count). The van der Waals surface area contributed by atoms with Gasteiger partial charge in [0.15, 0.2) is 5.82 Å². The summed E-state index contributed by atoms with van der Waals surface area (Å²) in [5.74, 6) is 1.93. The highest BCUT2D eigenvalue weighted by atomic mass is 19.1. The zero-order chi connectivity index (χ0) is 21.1. The molecule has 0 fully saturated rings.